The van der Waals surface area contributed by atoms with Crippen LogP contribution in [0.1, 0.15) is 33.6 Å². The summed E-state index contributed by atoms with van der Waals surface area (Å²) in [5.41, 5.74) is 5.44. The van der Waals surface area contributed by atoms with E-state index in [0.717, 1.165) is 12.8 Å². The molecule has 0 aliphatic carbocycles. The summed E-state index contributed by atoms with van der Waals surface area (Å²) in [5, 5.41) is 24.4. The summed E-state index contributed by atoms with van der Waals surface area (Å²) < 4.78 is 0. The zero-order valence-corrected chi connectivity index (χ0v) is 10.5. The van der Waals surface area contributed by atoms with E-state index in [0.29, 0.717) is 19.0 Å². The van der Waals surface area contributed by atoms with Crippen molar-refractivity contribution in [3.05, 3.63) is 0 Å². The molecule has 16 heavy (non-hydrogen) atoms. The van der Waals surface area contributed by atoms with Gasteiger partial charge in [-0.25, -0.2) is 0 Å². The fourth-order valence-electron chi connectivity index (χ4n) is 1.65. The first-order valence-electron chi connectivity index (χ1n) is 5.92. The molecular formula is C11H25N3O2. The maximum Gasteiger partial charge on any atom is 0.143 e. The van der Waals surface area contributed by atoms with Gasteiger partial charge in [-0.3, -0.25) is 0 Å². The number of hydrogen-bond donors (Lipinski definition) is 4. The van der Waals surface area contributed by atoms with Crippen LogP contribution in [0.4, 0.5) is 0 Å². The van der Waals surface area contributed by atoms with E-state index in [9.17, 15) is 5.11 Å². The molecule has 0 amide bonds. The summed E-state index contributed by atoms with van der Waals surface area (Å²) in [6.07, 6.45) is 1.64. The van der Waals surface area contributed by atoms with Gasteiger partial charge >= 0.3 is 0 Å². The van der Waals surface area contributed by atoms with E-state index in [4.69, 9.17) is 10.9 Å². The molecule has 0 aromatic carbocycles. The molecule has 0 heterocycles. The molecule has 5 heteroatoms. The Morgan fingerprint density at radius 3 is 2.31 bits per heavy atom. The van der Waals surface area contributed by atoms with E-state index in [1.807, 2.05) is 6.92 Å². The van der Waals surface area contributed by atoms with Crippen LogP contribution in [0.15, 0.2) is 5.16 Å². The summed E-state index contributed by atoms with van der Waals surface area (Å²) >= 11 is 0. The smallest absolute Gasteiger partial charge is 0.143 e. The van der Waals surface area contributed by atoms with Crippen LogP contribution >= 0.6 is 0 Å². The molecular weight excluding hydrogens is 206 g/mol. The topological polar surface area (TPSA) is 90.9 Å². The predicted octanol–water partition coefficient (Wildman–Crippen LogP) is 0.756. The highest BCUT2D eigenvalue weighted by Crippen LogP contribution is 2.12. The molecule has 0 bridgehead atoms. The molecule has 5 nitrogen and oxygen atoms in total. The van der Waals surface area contributed by atoms with Crippen LogP contribution in [0.3, 0.4) is 0 Å². The summed E-state index contributed by atoms with van der Waals surface area (Å²) in [6.45, 7) is 7.18. The number of aliphatic hydroxyl groups excluding tert-OH is 1. The van der Waals surface area contributed by atoms with E-state index < -0.39 is 0 Å². The van der Waals surface area contributed by atoms with Crippen molar-refractivity contribution in [2.75, 3.05) is 13.1 Å². The van der Waals surface area contributed by atoms with E-state index in [1.54, 1.807) is 0 Å². The lowest BCUT2D eigenvalue weighted by Crippen LogP contribution is -2.37. The van der Waals surface area contributed by atoms with Gasteiger partial charge in [0.2, 0.25) is 0 Å². The second-order valence-electron chi connectivity index (χ2n) is 4.23. The molecule has 0 radical (unpaired) electrons. The van der Waals surface area contributed by atoms with Crippen molar-refractivity contribution in [3.8, 4) is 0 Å². The fourth-order valence-corrected chi connectivity index (χ4v) is 1.65. The maximum atomic E-state index is 9.84. The Kier molecular flexibility index (Phi) is 7.93. The summed E-state index contributed by atoms with van der Waals surface area (Å²) in [7, 11) is 0. The van der Waals surface area contributed by atoms with Crippen LogP contribution in [0.5, 0.6) is 0 Å². The molecule has 0 aliphatic heterocycles. The highest BCUT2D eigenvalue weighted by molar-refractivity contribution is 5.82. The van der Waals surface area contributed by atoms with Crippen molar-refractivity contribution in [1.29, 1.82) is 0 Å². The van der Waals surface area contributed by atoms with E-state index in [-0.39, 0.29) is 17.9 Å². The van der Waals surface area contributed by atoms with Crippen molar-refractivity contribution in [2.24, 2.45) is 22.7 Å². The lowest BCUT2D eigenvalue weighted by Gasteiger charge is -2.21. The highest BCUT2D eigenvalue weighted by Gasteiger charge is 2.15. The van der Waals surface area contributed by atoms with Gasteiger partial charge in [-0.15, -0.1) is 0 Å². The Morgan fingerprint density at radius 1 is 1.31 bits per heavy atom. The second-order valence-corrected chi connectivity index (χ2v) is 4.23. The molecule has 0 aromatic heterocycles. The zero-order chi connectivity index (χ0) is 12.6. The van der Waals surface area contributed by atoms with Crippen LogP contribution in [0.2, 0.25) is 0 Å². The number of amidine groups is 1. The third-order valence-electron chi connectivity index (χ3n) is 3.02. The van der Waals surface area contributed by atoms with Crippen LogP contribution < -0.4 is 11.1 Å². The molecule has 0 spiro atoms. The van der Waals surface area contributed by atoms with Crippen molar-refractivity contribution >= 4 is 5.84 Å². The number of oxime groups is 1. The molecule has 96 valence electrons. The quantitative estimate of drug-likeness (QED) is 0.215. The molecule has 2 unspecified atom stereocenters. The molecule has 5 N–H and O–H groups in total. The van der Waals surface area contributed by atoms with Crippen molar-refractivity contribution in [1.82, 2.24) is 5.32 Å². The number of aliphatic hydroxyl groups is 1. The minimum Gasteiger partial charge on any atom is -0.409 e. The minimum absolute atomic E-state index is 0.0288. The Labute approximate surface area is 97.7 Å². The standard InChI is InChI=1S/C11H25N3O2/c1-4-9(5-2)10(15)7-13-6-8(3)11(12)14-16/h8-10,13,15-16H,4-7H2,1-3H3,(H2,12,14). The molecule has 0 rings (SSSR count). The minimum atomic E-state index is -0.325. The molecule has 2 atom stereocenters. The lowest BCUT2D eigenvalue weighted by atomic mass is 9.96. The number of nitrogens with zero attached hydrogens (tertiary/aromatic N) is 1. The van der Waals surface area contributed by atoms with Crippen molar-refractivity contribution < 1.29 is 10.3 Å². The first kappa shape index (κ1) is 15.2. The van der Waals surface area contributed by atoms with E-state index in [1.165, 1.54) is 0 Å². The third kappa shape index (κ3) is 5.32. The third-order valence-corrected chi connectivity index (χ3v) is 3.02. The SMILES string of the molecule is CCC(CC)C(O)CNCC(C)C(N)=NO. The first-order chi connectivity index (χ1) is 7.56. The largest absolute Gasteiger partial charge is 0.409 e. The molecule has 0 fully saturated rings. The van der Waals surface area contributed by atoms with Gasteiger partial charge in [-0.2, -0.15) is 0 Å². The zero-order valence-electron chi connectivity index (χ0n) is 10.5. The van der Waals surface area contributed by atoms with Gasteiger partial charge in [-0.1, -0.05) is 38.8 Å². The van der Waals surface area contributed by atoms with E-state index >= 15 is 0 Å². The summed E-state index contributed by atoms with van der Waals surface area (Å²) in [5.74, 6) is 0.523. The summed E-state index contributed by atoms with van der Waals surface area (Å²) in [4.78, 5) is 0. The number of hydrogen-bond acceptors (Lipinski definition) is 4. The first-order valence-corrected chi connectivity index (χ1v) is 5.92. The number of nitrogens with two attached hydrogens (primary N) is 1. The van der Waals surface area contributed by atoms with Gasteiger partial charge in [0.05, 0.1) is 6.10 Å². The maximum absolute atomic E-state index is 9.84. The Hall–Kier alpha value is -0.810. The second kappa shape index (κ2) is 8.35. The number of nitrogens with one attached hydrogen (secondary N) is 1. The Balaban J connectivity index is 3.81. The molecule has 0 saturated carbocycles. The van der Waals surface area contributed by atoms with Gasteiger partial charge < -0.3 is 21.4 Å². The Bertz CT molecular complexity index is 205. The van der Waals surface area contributed by atoms with Crippen molar-refractivity contribution in [3.63, 3.8) is 0 Å². The van der Waals surface area contributed by atoms with Gasteiger partial charge in [0.1, 0.15) is 5.84 Å². The van der Waals surface area contributed by atoms with Gasteiger partial charge in [0.15, 0.2) is 0 Å². The van der Waals surface area contributed by atoms with Crippen LogP contribution in [-0.4, -0.2) is 35.3 Å². The average molecular weight is 231 g/mol. The highest BCUT2D eigenvalue weighted by atomic mass is 16.4. The molecule has 0 aliphatic rings. The van der Waals surface area contributed by atoms with Gasteiger partial charge in [0.25, 0.3) is 0 Å². The van der Waals surface area contributed by atoms with Crippen LogP contribution in [0, 0.1) is 11.8 Å². The number of rotatable bonds is 8. The molecule has 0 saturated heterocycles. The van der Waals surface area contributed by atoms with Gasteiger partial charge in [-0.05, 0) is 5.92 Å². The fraction of sp³-hybridized carbons (Fsp3) is 0.909. The van der Waals surface area contributed by atoms with Crippen molar-refractivity contribution in [2.45, 2.75) is 39.7 Å². The van der Waals surface area contributed by atoms with Gasteiger partial charge in [0, 0.05) is 19.0 Å². The predicted molar refractivity (Wildman–Crippen MR) is 65.5 cm³/mol. The van der Waals surface area contributed by atoms with Crippen LogP contribution in [-0.2, 0) is 0 Å². The van der Waals surface area contributed by atoms with Crippen LogP contribution in [0.25, 0.3) is 0 Å². The molecule has 0 aromatic rings. The summed E-state index contributed by atoms with van der Waals surface area (Å²) in [6, 6.07) is 0. The van der Waals surface area contributed by atoms with E-state index in [2.05, 4.69) is 24.3 Å². The lowest BCUT2D eigenvalue weighted by molar-refractivity contribution is 0.101. The Morgan fingerprint density at radius 2 is 1.88 bits per heavy atom. The normalized spacial score (nSPS) is 16.4. The average Bonchev–Trinajstić information content (AvgIpc) is 2.29. The monoisotopic (exact) mass is 231 g/mol.